The van der Waals surface area contributed by atoms with Crippen molar-refractivity contribution >= 4 is 11.9 Å². The minimum absolute atomic E-state index is 0.0455. The molecule has 0 fully saturated rings. The van der Waals surface area contributed by atoms with Crippen molar-refractivity contribution in [2.75, 3.05) is 0 Å². The summed E-state index contributed by atoms with van der Waals surface area (Å²) in [7, 11) is 0. The maximum absolute atomic E-state index is 12.0. The van der Waals surface area contributed by atoms with Crippen LogP contribution < -0.4 is 9.46 Å². The molecule has 1 aromatic carbocycles. The molecule has 0 saturated heterocycles. The van der Waals surface area contributed by atoms with Crippen molar-refractivity contribution in [2.45, 2.75) is 44.8 Å². The van der Waals surface area contributed by atoms with Crippen LogP contribution in [0, 0.1) is 0 Å². The zero-order chi connectivity index (χ0) is 14.7. The van der Waals surface area contributed by atoms with Crippen LogP contribution in [0.15, 0.2) is 24.3 Å². The molecule has 1 rings (SSSR count). The molecule has 0 aromatic heterocycles. The van der Waals surface area contributed by atoms with Gasteiger partial charge in [-0.2, -0.15) is 0 Å². The second-order valence-corrected chi connectivity index (χ2v) is 6.84. The van der Waals surface area contributed by atoms with E-state index in [2.05, 4.69) is 30.2 Å². The van der Waals surface area contributed by atoms with Crippen molar-refractivity contribution in [3.8, 4) is 5.75 Å². The highest BCUT2D eigenvalue weighted by atomic mass is 32.2. The van der Waals surface area contributed by atoms with Gasteiger partial charge in [-0.25, -0.2) is 0 Å². The van der Waals surface area contributed by atoms with Gasteiger partial charge in [0.05, 0.1) is 0 Å². The lowest BCUT2D eigenvalue weighted by Crippen LogP contribution is -2.20. The van der Waals surface area contributed by atoms with Gasteiger partial charge >= 0.3 is 6.36 Å². The van der Waals surface area contributed by atoms with Crippen molar-refractivity contribution in [3.63, 3.8) is 0 Å². The van der Waals surface area contributed by atoms with Gasteiger partial charge in [-0.1, -0.05) is 24.1 Å². The predicted molar refractivity (Wildman–Crippen MR) is 72.0 cm³/mol. The molecule has 2 nitrogen and oxygen atoms in total. The van der Waals surface area contributed by atoms with E-state index in [0.29, 0.717) is 0 Å². The zero-order valence-electron chi connectivity index (χ0n) is 11.3. The van der Waals surface area contributed by atoms with Crippen molar-refractivity contribution < 1.29 is 17.9 Å². The molecule has 0 unspecified atom stereocenters. The van der Waals surface area contributed by atoms with E-state index in [9.17, 15) is 13.2 Å². The zero-order valence-corrected chi connectivity index (χ0v) is 12.2. The first-order valence-electron chi connectivity index (χ1n) is 5.86. The van der Waals surface area contributed by atoms with E-state index in [0.717, 1.165) is 5.56 Å². The van der Waals surface area contributed by atoms with E-state index in [1.54, 1.807) is 24.1 Å². The summed E-state index contributed by atoms with van der Waals surface area (Å²) in [5.41, 5.74) is 0.909. The van der Waals surface area contributed by atoms with E-state index in [4.69, 9.17) is 0 Å². The Bertz CT molecular complexity index is 398. The highest BCUT2D eigenvalue weighted by molar-refractivity contribution is 7.98. The summed E-state index contributed by atoms with van der Waals surface area (Å²) in [4.78, 5) is 0. The number of hydrogen-bond acceptors (Lipinski definition) is 3. The van der Waals surface area contributed by atoms with Crippen LogP contribution in [0.4, 0.5) is 13.2 Å². The Morgan fingerprint density at radius 1 is 1.11 bits per heavy atom. The molecule has 108 valence electrons. The molecule has 1 atom stereocenters. The molecule has 0 saturated carbocycles. The van der Waals surface area contributed by atoms with Gasteiger partial charge in [-0.05, 0) is 45.4 Å². The van der Waals surface area contributed by atoms with Gasteiger partial charge in [0.2, 0.25) is 0 Å². The molecular weight excluding hydrogens is 275 g/mol. The Labute approximate surface area is 115 Å². The lowest BCUT2D eigenvalue weighted by molar-refractivity contribution is -0.274. The molecule has 0 heterocycles. The van der Waals surface area contributed by atoms with Crippen LogP contribution in [0.3, 0.4) is 0 Å². The summed E-state index contributed by atoms with van der Waals surface area (Å²) in [6, 6.07) is 5.94. The fraction of sp³-hybridized carbons (Fsp3) is 0.538. The van der Waals surface area contributed by atoms with Crippen LogP contribution in [0.1, 0.15) is 39.3 Å². The predicted octanol–water partition coefficient (Wildman–Crippen LogP) is 4.68. The summed E-state index contributed by atoms with van der Waals surface area (Å²) < 4.78 is 43.2. The Morgan fingerprint density at radius 2 is 1.63 bits per heavy atom. The third kappa shape index (κ3) is 6.73. The highest BCUT2D eigenvalue weighted by Gasteiger charge is 2.31. The summed E-state index contributed by atoms with van der Waals surface area (Å²) in [6.07, 6.45) is -4.65. The fourth-order valence-electron chi connectivity index (χ4n) is 1.29. The smallest absolute Gasteiger partial charge is 0.406 e. The Kier molecular flexibility index (Phi) is 5.15. The molecule has 1 N–H and O–H groups in total. The van der Waals surface area contributed by atoms with Crippen LogP contribution in [0.2, 0.25) is 0 Å². The summed E-state index contributed by atoms with van der Waals surface area (Å²) in [6.45, 7) is 8.20. The summed E-state index contributed by atoms with van der Waals surface area (Å²) in [5.74, 6) is -0.202. The number of hydrogen-bond donors (Lipinski definition) is 1. The first kappa shape index (κ1) is 16.2. The van der Waals surface area contributed by atoms with Gasteiger partial charge in [0.1, 0.15) is 5.75 Å². The second-order valence-electron chi connectivity index (χ2n) is 5.17. The van der Waals surface area contributed by atoms with Gasteiger partial charge in [0, 0.05) is 10.8 Å². The Balaban J connectivity index is 2.60. The molecule has 6 heteroatoms. The minimum atomic E-state index is -4.65. The molecule has 1 aromatic rings. The maximum Gasteiger partial charge on any atom is 0.573 e. The summed E-state index contributed by atoms with van der Waals surface area (Å²) >= 11 is 1.59. The fourth-order valence-corrected chi connectivity index (χ4v) is 1.96. The van der Waals surface area contributed by atoms with Crippen LogP contribution in [-0.4, -0.2) is 11.1 Å². The van der Waals surface area contributed by atoms with Gasteiger partial charge in [-0.15, -0.1) is 13.2 Å². The van der Waals surface area contributed by atoms with Crippen LogP contribution in [0.25, 0.3) is 0 Å². The number of nitrogens with one attached hydrogen (secondary N) is 1. The SMILES string of the molecule is C[C@H](NSC(C)(C)C)c1ccc(OC(F)(F)F)cc1. The molecule has 0 aliphatic heterocycles. The Morgan fingerprint density at radius 3 is 2.05 bits per heavy atom. The van der Waals surface area contributed by atoms with Crippen molar-refractivity contribution in [2.24, 2.45) is 0 Å². The lowest BCUT2D eigenvalue weighted by Gasteiger charge is -2.22. The molecule has 0 radical (unpaired) electrons. The van der Waals surface area contributed by atoms with E-state index >= 15 is 0 Å². The van der Waals surface area contributed by atoms with Gasteiger partial charge in [-0.3, -0.25) is 4.72 Å². The van der Waals surface area contributed by atoms with Crippen LogP contribution >= 0.6 is 11.9 Å². The molecule has 0 spiro atoms. The topological polar surface area (TPSA) is 21.3 Å². The molecular formula is C13H18F3NOS. The molecule has 0 aliphatic rings. The average molecular weight is 293 g/mol. The normalized spacial score (nSPS) is 14.3. The lowest BCUT2D eigenvalue weighted by atomic mass is 10.1. The van der Waals surface area contributed by atoms with Gasteiger partial charge < -0.3 is 4.74 Å². The number of ether oxygens (including phenoxy) is 1. The van der Waals surface area contributed by atoms with E-state index in [-0.39, 0.29) is 16.5 Å². The van der Waals surface area contributed by atoms with Crippen molar-refractivity contribution in [1.29, 1.82) is 0 Å². The van der Waals surface area contributed by atoms with Crippen molar-refractivity contribution in [1.82, 2.24) is 4.72 Å². The highest BCUT2D eigenvalue weighted by Crippen LogP contribution is 2.27. The third-order valence-corrected chi connectivity index (χ3v) is 3.24. The molecule has 0 amide bonds. The molecule has 0 bridgehead atoms. The largest absolute Gasteiger partial charge is 0.573 e. The van der Waals surface area contributed by atoms with Gasteiger partial charge in [0.25, 0.3) is 0 Å². The summed E-state index contributed by atoms with van der Waals surface area (Å²) in [5, 5.41) is 0. The van der Waals surface area contributed by atoms with E-state index in [1.807, 2.05) is 6.92 Å². The van der Waals surface area contributed by atoms with Crippen molar-refractivity contribution in [3.05, 3.63) is 29.8 Å². The molecule has 0 aliphatic carbocycles. The number of alkyl halides is 3. The van der Waals surface area contributed by atoms with Crippen LogP contribution in [0.5, 0.6) is 5.75 Å². The number of benzene rings is 1. The third-order valence-electron chi connectivity index (χ3n) is 2.16. The van der Waals surface area contributed by atoms with E-state index in [1.165, 1.54) is 12.1 Å². The van der Waals surface area contributed by atoms with Crippen LogP contribution in [-0.2, 0) is 0 Å². The number of halogens is 3. The quantitative estimate of drug-likeness (QED) is 0.814. The second kappa shape index (κ2) is 6.05. The molecule has 19 heavy (non-hydrogen) atoms. The monoisotopic (exact) mass is 293 g/mol. The Hall–Kier alpha value is -0.880. The number of rotatable bonds is 4. The first-order valence-corrected chi connectivity index (χ1v) is 6.68. The first-order chi connectivity index (χ1) is 8.57. The van der Waals surface area contributed by atoms with Gasteiger partial charge in [0.15, 0.2) is 0 Å². The standard InChI is InChI=1S/C13H18F3NOS/c1-9(17-19-12(2,3)4)10-5-7-11(8-6-10)18-13(14,15)16/h5-9,17H,1-4H3/t9-/m0/s1. The maximum atomic E-state index is 12.0. The average Bonchev–Trinajstić information content (AvgIpc) is 2.23. The van der Waals surface area contributed by atoms with E-state index < -0.39 is 6.36 Å². The minimum Gasteiger partial charge on any atom is -0.406 e.